The van der Waals surface area contributed by atoms with E-state index in [2.05, 4.69) is 26.1 Å². The molecule has 0 unspecified atom stereocenters. The molecule has 1 aromatic carbocycles. The molecule has 0 bridgehead atoms. The Balaban J connectivity index is 1.83. The lowest BCUT2D eigenvalue weighted by Crippen LogP contribution is -2.38. The summed E-state index contributed by atoms with van der Waals surface area (Å²) in [4.78, 5) is 26.6. The number of aryl methyl sites for hydroxylation is 1. The van der Waals surface area contributed by atoms with Crippen molar-refractivity contribution in [3.8, 4) is 5.69 Å². The summed E-state index contributed by atoms with van der Waals surface area (Å²) < 4.78 is 1.76. The lowest BCUT2D eigenvalue weighted by molar-refractivity contribution is -0.135. The molecule has 0 saturated heterocycles. The van der Waals surface area contributed by atoms with Crippen molar-refractivity contribution >= 4 is 17.6 Å². The number of benzene rings is 1. The average molecular weight is 383 g/mol. The highest BCUT2D eigenvalue weighted by Crippen LogP contribution is 2.31. The van der Waals surface area contributed by atoms with Gasteiger partial charge in [-0.15, -0.1) is 0 Å². The molecular weight excluding hydrogens is 352 g/mol. The quantitative estimate of drug-likeness (QED) is 0.829. The molecule has 6 heteroatoms. The van der Waals surface area contributed by atoms with Crippen LogP contribution in [0.2, 0.25) is 0 Å². The molecule has 3 rings (SSSR count). The summed E-state index contributed by atoms with van der Waals surface area (Å²) in [6, 6.07) is 9.93. The molecule has 0 aliphatic heterocycles. The fourth-order valence-corrected chi connectivity index (χ4v) is 3.01. The lowest BCUT2D eigenvalue weighted by Gasteiger charge is -2.20. The number of hydrogen-bond donors (Lipinski definition) is 1. The molecule has 2 aromatic rings. The van der Waals surface area contributed by atoms with Gasteiger partial charge in [0.15, 0.2) is 0 Å². The molecular formula is C22H30N4O2. The number of nitrogens with one attached hydrogen (secondary N) is 1. The van der Waals surface area contributed by atoms with E-state index in [1.54, 1.807) is 9.58 Å². The van der Waals surface area contributed by atoms with E-state index in [0.29, 0.717) is 12.4 Å². The summed E-state index contributed by atoms with van der Waals surface area (Å²) in [6.45, 7) is 10.8. The molecule has 1 N–H and O–H groups in total. The number of carbonyl (C=O) groups excluding carboxylic acids is 2. The van der Waals surface area contributed by atoms with Crippen molar-refractivity contribution in [1.29, 1.82) is 0 Å². The Morgan fingerprint density at radius 2 is 1.86 bits per heavy atom. The monoisotopic (exact) mass is 382 g/mol. The van der Waals surface area contributed by atoms with Gasteiger partial charge in [-0.2, -0.15) is 5.10 Å². The fraction of sp³-hybridized carbons (Fsp3) is 0.500. The third-order valence-electron chi connectivity index (χ3n) is 4.98. The van der Waals surface area contributed by atoms with Crippen LogP contribution in [0.5, 0.6) is 0 Å². The van der Waals surface area contributed by atoms with Gasteiger partial charge in [-0.25, -0.2) is 4.68 Å². The van der Waals surface area contributed by atoms with Crippen LogP contribution in [0.1, 0.15) is 51.8 Å². The summed E-state index contributed by atoms with van der Waals surface area (Å²) >= 11 is 0. The second-order valence-electron chi connectivity index (χ2n) is 8.59. The molecule has 1 fully saturated rings. The van der Waals surface area contributed by atoms with Crippen LogP contribution in [-0.4, -0.2) is 39.6 Å². The van der Waals surface area contributed by atoms with Crippen LogP contribution in [0.3, 0.4) is 0 Å². The number of nitrogens with zero attached hydrogens (tertiary/aromatic N) is 3. The van der Waals surface area contributed by atoms with Crippen molar-refractivity contribution in [2.75, 3.05) is 18.4 Å². The summed E-state index contributed by atoms with van der Waals surface area (Å²) in [5.41, 5.74) is 2.80. The zero-order valence-electron chi connectivity index (χ0n) is 17.5. The minimum atomic E-state index is -0.204. The second-order valence-corrected chi connectivity index (χ2v) is 8.59. The van der Waals surface area contributed by atoms with Gasteiger partial charge in [-0.05, 0) is 38.8 Å². The zero-order chi connectivity index (χ0) is 20.5. The Labute approximate surface area is 166 Å². The molecule has 0 radical (unpaired) electrons. The number of aromatic nitrogens is 2. The predicted molar refractivity (Wildman–Crippen MR) is 111 cm³/mol. The molecule has 0 spiro atoms. The second kappa shape index (κ2) is 7.78. The highest BCUT2D eigenvalue weighted by molar-refractivity contribution is 5.94. The van der Waals surface area contributed by atoms with Gasteiger partial charge in [0, 0.05) is 23.9 Å². The van der Waals surface area contributed by atoms with Gasteiger partial charge in [0.1, 0.15) is 5.82 Å². The maximum atomic E-state index is 12.7. The van der Waals surface area contributed by atoms with Crippen molar-refractivity contribution in [3.63, 3.8) is 0 Å². The molecule has 1 heterocycles. The molecule has 1 aliphatic carbocycles. The Morgan fingerprint density at radius 3 is 2.39 bits per heavy atom. The number of hydrogen-bond acceptors (Lipinski definition) is 3. The first-order valence-electron chi connectivity index (χ1n) is 9.95. The van der Waals surface area contributed by atoms with Crippen LogP contribution in [-0.2, 0) is 15.0 Å². The maximum Gasteiger partial charge on any atom is 0.245 e. The first-order valence-corrected chi connectivity index (χ1v) is 9.95. The highest BCUT2D eigenvalue weighted by atomic mass is 16.2. The van der Waals surface area contributed by atoms with Crippen LogP contribution >= 0.6 is 0 Å². The number of anilines is 1. The van der Waals surface area contributed by atoms with Gasteiger partial charge < -0.3 is 10.2 Å². The van der Waals surface area contributed by atoms with Crippen LogP contribution in [0, 0.1) is 12.8 Å². The van der Waals surface area contributed by atoms with E-state index in [0.717, 1.165) is 29.8 Å². The Kier molecular flexibility index (Phi) is 5.59. The predicted octanol–water partition coefficient (Wildman–Crippen LogP) is 3.68. The molecule has 1 aromatic heterocycles. The number of likely N-dealkylation sites (N-methyl/N-ethyl adjacent to an activating group) is 1. The molecule has 1 aliphatic rings. The van der Waals surface area contributed by atoms with E-state index in [1.807, 2.05) is 44.2 Å². The van der Waals surface area contributed by atoms with E-state index in [4.69, 9.17) is 5.10 Å². The third-order valence-corrected chi connectivity index (χ3v) is 4.98. The molecule has 6 nitrogen and oxygen atoms in total. The molecule has 1 saturated carbocycles. The van der Waals surface area contributed by atoms with Gasteiger partial charge in [0.05, 0.1) is 17.9 Å². The van der Waals surface area contributed by atoms with E-state index >= 15 is 0 Å². The van der Waals surface area contributed by atoms with Gasteiger partial charge >= 0.3 is 0 Å². The topological polar surface area (TPSA) is 67.2 Å². The summed E-state index contributed by atoms with van der Waals surface area (Å²) in [7, 11) is 0. The Bertz CT molecular complexity index is 858. The zero-order valence-corrected chi connectivity index (χ0v) is 17.5. The van der Waals surface area contributed by atoms with Crippen molar-refractivity contribution in [1.82, 2.24) is 14.7 Å². The normalized spacial score (nSPS) is 14.0. The molecule has 0 atom stereocenters. The van der Waals surface area contributed by atoms with Crippen LogP contribution in [0.4, 0.5) is 5.82 Å². The van der Waals surface area contributed by atoms with E-state index in [-0.39, 0.29) is 29.7 Å². The van der Waals surface area contributed by atoms with Crippen LogP contribution in [0.15, 0.2) is 30.3 Å². The Morgan fingerprint density at radius 1 is 1.21 bits per heavy atom. The molecule has 28 heavy (non-hydrogen) atoms. The van der Waals surface area contributed by atoms with E-state index in [1.165, 1.54) is 0 Å². The summed E-state index contributed by atoms with van der Waals surface area (Å²) in [6.07, 6.45) is 1.87. The number of rotatable bonds is 6. The minimum Gasteiger partial charge on any atom is -0.333 e. The van der Waals surface area contributed by atoms with Gasteiger partial charge in [-0.3, -0.25) is 9.59 Å². The largest absolute Gasteiger partial charge is 0.333 e. The fourth-order valence-electron chi connectivity index (χ4n) is 3.01. The molecule has 150 valence electrons. The smallest absolute Gasteiger partial charge is 0.245 e. The van der Waals surface area contributed by atoms with Crippen molar-refractivity contribution in [3.05, 3.63) is 41.6 Å². The van der Waals surface area contributed by atoms with E-state index in [9.17, 15) is 9.59 Å². The highest BCUT2D eigenvalue weighted by Gasteiger charge is 2.33. The maximum absolute atomic E-state index is 12.7. The van der Waals surface area contributed by atoms with Crippen molar-refractivity contribution in [2.45, 2.75) is 52.9 Å². The van der Waals surface area contributed by atoms with E-state index < -0.39 is 0 Å². The molecule has 2 amide bonds. The van der Waals surface area contributed by atoms with Gasteiger partial charge in [0.25, 0.3) is 0 Å². The Hall–Kier alpha value is -2.63. The first kappa shape index (κ1) is 20.1. The van der Waals surface area contributed by atoms with Crippen LogP contribution < -0.4 is 5.32 Å². The number of amides is 2. The third kappa shape index (κ3) is 4.61. The standard InChI is InChI=1S/C22H30N4O2/c1-6-25(21(28)16-9-10-16)14-20(27)23-19-13-18(22(3,4)5)24-26(19)17-11-7-15(2)8-12-17/h7-8,11-13,16H,6,9-10,14H2,1-5H3,(H,23,27). The average Bonchev–Trinajstić information content (AvgIpc) is 3.39. The lowest BCUT2D eigenvalue weighted by atomic mass is 9.92. The summed E-state index contributed by atoms with van der Waals surface area (Å²) in [5, 5.41) is 7.69. The summed E-state index contributed by atoms with van der Waals surface area (Å²) in [5.74, 6) is 0.608. The minimum absolute atomic E-state index is 0.0652. The number of carbonyl (C=O) groups is 2. The van der Waals surface area contributed by atoms with Gasteiger partial charge in [0.2, 0.25) is 11.8 Å². The van der Waals surface area contributed by atoms with Crippen molar-refractivity contribution < 1.29 is 9.59 Å². The van der Waals surface area contributed by atoms with Gasteiger partial charge in [-0.1, -0.05) is 38.5 Å². The first-order chi connectivity index (χ1) is 13.2. The van der Waals surface area contributed by atoms with Crippen molar-refractivity contribution in [2.24, 2.45) is 5.92 Å². The van der Waals surface area contributed by atoms with Crippen LogP contribution in [0.25, 0.3) is 5.69 Å². The SMILES string of the molecule is CCN(CC(=O)Nc1cc(C(C)(C)C)nn1-c1ccc(C)cc1)C(=O)C1CC1.